The molecule has 2 N–H and O–H groups in total. The predicted octanol–water partition coefficient (Wildman–Crippen LogP) is 4.36. The van der Waals surface area contributed by atoms with Gasteiger partial charge in [-0.2, -0.15) is 0 Å². The topological polar surface area (TPSA) is 118 Å². The Morgan fingerprint density at radius 2 is 1.63 bits per heavy atom. The molecule has 1 aromatic heterocycles. The highest BCUT2D eigenvalue weighted by Crippen LogP contribution is 2.26. The molecule has 0 aliphatic rings. The number of amides is 2. The number of furan rings is 1. The van der Waals surface area contributed by atoms with Crippen molar-refractivity contribution >= 4 is 33.2 Å². The van der Waals surface area contributed by atoms with E-state index in [-0.39, 0.29) is 28.4 Å². The molecular weight excluding hydrogens is 506 g/mol. The fraction of sp³-hybridized carbons (Fsp3) is 0.143. The summed E-state index contributed by atoms with van der Waals surface area (Å²) in [6.45, 7) is 1.51. The molecule has 0 radical (unpaired) electrons. The first-order valence-corrected chi connectivity index (χ1v) is 13.1. The molecule has 0 bridgehead atoms. The molecule has 0 aliphatic carbocycles. The van der Waals surface area contributed by atoms with E-state index in [0.717, 1.165) is 9.87 Å². The number of anilines is 2. The zero-order valence-electron chi connectivity index (χ0n) is 20.9. The predicted molar refractivity (Wildman–Crippen MR) is 144 cm³/mol. The van der Waals surface area contributed by atoms with Gasteiger partial charge in [-0.1, -0.05) is 29.8 Å². The van der Waals surface area contributed by atoms with E-state index in [2.05, 4.69) is 10.6 Å². The van der Waals surface area contributed by atoms with Gasteiger partial charge in [-0.05, 0) is 67.6 Å². The first-order chi connectivity index (χ1) is 18.3. The molecule has 0 atom stereocenters. The molecule has 0 unspecified atom stereocenters. The number of nitrogens with zero attached hydrogens (tertiary/aromatic N) is 1. The number of methoxy groups -OCH3 is 1. The largest absolute Gasteiger partial charge is 0.497 e. The van der Waals surface area contributed by atoms with Crippen LogP contribution in [0.15, 0.2) is 101 Å². The third kappa shape index (κ3) is 6.22. The number of ether oxygens (including phenoxy) is 1. The van der Waals surface area contributed by atoms with E-state index in [1.807, 2.05) is 6.92 Å². The van der Waals surface area contributed by atoms with E-state index in [9.17, 15) is 18.0 Å². The van der Waals surface area contributed by atoms with E-state index in [1.54, 1.807) is 72.8 Å². The van der Waals surface area contributed by atoms with Crippen LogP contribution in [0.25, 0.3) is 0 Å². The van der Waals surface area contributed by atoms with Gasteiger partial charge in [-0.3, -0.25) is 13.9 Å². The number of sulfonamides is 1. The van der Waals surface area contributed by atoms with Crippen LogP contribution in [0.2, 0.25) is 0 Å². The van der Waals surface area contributed by atoms with Crippen LogP contribution in [0.1, 0.15) is 21.7 Å². The Balaban J connectivity index is 1.57. The van der Waals surface area contributed by atoms with Crippen molar-refractivity contribution in [1.29, 1.82) is 0 Å². The summed E-state index contributed by atoms with van der Waals surface area (Å²) in [7, 11) is -2.59. The zero-order chi connectivity index (χ0) is 27.1. The number of rotatable bonds is 10. The summed E-state index contributed by atoms with van der Waals surface area (Å²) in [6.07, 6.45) is 1.51. The van der Waals surface area contributed by atoms with Crippen molar-refractivity contribution < 1.29 is 27.2 Å². The molecule has 196 valence electrons. The summed E-state index contributed by atoms with van der Waals surface area (Å²) in [5, 5.41) is 5.43. The van der Waals surface area contributed by atoms with Gasteiger partial charge in [0.05, 0.1) is 41.8 Å². The molecule has 2 amide bonds. The number of carbonyl (C=O) groups is 2. The van der Waals surface area contributed by atoms with Crippen LogP contribution in [0.4, 0.5) is 11.4 Å². The molecule has 10 heteroatoms. The maximum absolute atomic E-state index is 13.6. The highest BCUT2D eigenvalue weighted by molar-refractivity contribution is 7.92. The monoisotopic (exact) mass is 533 g/mol. The van der Waals surface area contributed by atoms with Gasteiger partial charge >= 0.3 is 0 Å². The Bertz CT molecular complexity index is 1500. The van der Waals surface area contributed by atoms with Gasteiger partial charge in [-0.25, -0.2) is 8.42 Å². The second kappa shape index (κ2) is 11.7. The standard InChI is InChI=1S/C28H27N3O6S/c1-20-9-15-24(16-10-20)38(34,35)31(21-11-13-22(36-2)14-12-21)19-27(32)30-26-8-4-3-7-25(26)28(33)29-18-23-6-5-17-37-23/h3-17H,18-19H2,1-2H3,(H,29,33)(H,30,32). The first kappa shape index (κ1) is 26.5. The molecule has 0 aliphatic heterocycles. The number of benzene rings is 3. The number of para-hydroxylation sites is 1. The van der Waals surface area contributed by atoms with E-state index in [4.69, 9.17) is 9.15 Å². The number of hydrogen-bond acceptors (Lipinski definition) is 6. The Kier molecular flexibility index (Phi) is 8.12. The minimum atomic E-state index is -4.10. The van der Waals surface area contributed by atoms with Crippen LogP contribution in [0, 0.1) is 6.92 Å². The van der Waals surface area contributed by atoms with Crippen molar-refractivity contribution in [1.82, 2.24) is 5.32 Å². The highest BCUT2D eigenvalue weighted by atomic mass is 32.2. The minimum Gasteiger partial charge on any atom is -0.497 e. The van der Waals surface area contributed by atoms with Gasteiger partial charge < -0.3 is 19.8 Å². The normalized spacial score (nSPS) is 11.0. The number of hydrogen-bond donors (Lipinski definition) is 2. The molecule has 4 rings (SSSR count). The first-order valence-electron chi connectivity index (χ1n) is 11.7. The third-order valence-corrected chi connectivity index (χ3v) is 7.49. The Morgan fingerprint density at radius 1 is 0.921 bits per heavy atom. The average Bonchev–Trinajstić information content (AvgIpc) is 3.45. The van der Waals surface area contributed by atoms with Crippen molar-refractivity contribution in [3.63, 3.8) is 0 Å². The van der Waals surface area contributed by atoms with Crippen molar-refractivity contribution in [2.24, 2.45) is 0 Å². The lowest BCUT2D eigenvalue weighted by Crippen LogP contribution is -2.38. The second-order valence-corrected chi connectivity index (χ2v) is 10.2. The maximum Gasteiger partial charge on any atom is 0.264 e. The average molecular weight is 534 g/mol. The molecule has 9 nitrogen and oxygen atoms in total. The number of nitrogens with one attached hydrogen (secondary N) is 2. The number of aryl methyl sites for hydroxylation is 1. The molecule has 3 aromatic carbocycles. The van der Waals surface area contributed by atoms with E-state index >= 15 is 0 Å². The van der Waals surface area contributed by atoms with Crippen LogP contribution in [0.3, 0.4) is 0 Å². The van der Waals surface area contributed by atoms with Gasteiger partial charge in [0.2, 0.25) is 5.91 Å². The molecule has 0 spiro atoms. The summed E-state index contributed by atoms with van der Waals surface area (Å²) in [5.74, 6) is 0.0797. The van der Waals surface area contributed by atoms with Crippen molar-refractivity contribution in [3.05, 3.63) is 108 Å². The van der Waals surface area contributed by atoms with Gasteiger partial charge in [0.1, 0.15) is 18.1 Å². The van der Waals surface area contributed by atoms with Crippen LogP contribution in [-0.4, -0.2) is 33.9 Å². The molecular formula is C28H27N3O6S. The lowest BCUT2D eigenvalue weighted by molar-refractivity contribution is -0.114. The van der Waals surface area contributed by atoms with E-state index in [1.165, 1.54) is 25.5 Å². The second-order valence-electron chi connectivity index (χ2n) is 8.38. The molecule has 0 saturated carbocycles. The van der Waals surface area contributed by atoms with Crippen LogP contribution >= 0.6 is 0 Å². The highest BCUT2D eigenvalue weighted by Gasteiger charge is 2.28. The SMILES string of the molecule is COc1ccc(N(CC(=O)Nc2ccccc2C(=O)NCc2ccco2)S(=O)(=O)c2ccc(C)cc2)cc1. The zero-order valence-corrected chi connectivity index (χ0v) is 21.7. The summed E-state index contributed by atoms with van der Waals surface area (Å²) in [6, 6.07) is 22.7. The fourth-order valence-corrected chi connectivity index (χ4v) is 5.11. The summed E-state index contributed by atoms with van der Waals surface area (Å²) in [4.78, 5) is 26.0. The van der Waals surface area contributed by atoms with Crippen LogP contribution in [-0.2, 0) is 21.4 Å². The van der Waals surface area contributed by atoms with Crippen molar-refractivity contribution in [2.75, 3.05) is 23.3 Å². The molecule has 4 aromatic rings. The molecule has 0 fully saturated rings. The van der Waals surface area contributed by atoms with Crippen LogP contribution in [0.5, 0.6) is 5.75 Å². The lowest BCUT2D eigenvalue weighted by Gasteiger charge is -2.24. The summed E-state index contributed by atoms with van der Waals surface area (Å²) < 4.78 is 38.6. The summed E-state index contributed by atoms with van der Waals surface area (Å²) in [5.41, 5.74) is 1.66. The fourth-order valence-electron chi connectivity index (χ4n) is 3.69. The Morgan fingerprint density at radius 3 is 2.29 bits per heavy atom. The maximum atomic E-state index is 13.6. The van der Waals surface area contributed by atoms with E-state index in [0.29, 0.717) is 11.5 Å². The lowest BCUT2D eigenvalue weighted by atomic mass is 10.1. The Labute approximate surface area is 221 Å². The molecule has 0 saturated heterocycles. The van der Waals surface area contributed by atoms with Crippen LogP contribution < -0.4 is 19.7 Å². The molecule has 38 heavy (non-hydrogen) atoms. The smallest absolute Gasteiger partial charge is 0.264 e. The van der Waals surface area contributed by atoms with Crippen molar-refractivity contribution in [3.8, 4) is 5.75 Å². The summed E-state index contributed by atoms with van der Waals surface area (Å²) >= 11 is 0. The van der Waals surface area contributed by atoms with Gasteiger partial charge in [0.15, 0.2) is 0 Å². The van der Waals surface area contributed by atoms with E-state index < -0.39 is 28.4 Å². The molecule has 1 heterocycles. The van der Waals surface area contributed by atoms with Gasteiger partial charge in [0.25, 0.3) is 15.9 Å². The minimum absolute atomic E-state index is 0.0458. The number of carbonyl (C=O) groups excluding carboxylic acids is 2. The van der Waals surface area contributed by atoms with Crippen molar-refractivity contribution in [2.45, 2.75) is 18.4 Å². The van der Waals surface area contributed by atoms with Gasteiger partial charge in [-0.15, -0.1) is 0 Å². The third-order valence-electron chi connectivity index (χ3n) is 5.71. The quantitative estimate of drug-likeness (QED) is 0.313. The van der Waals surface area contributed by atoms with Gasteiger partial charge in [0, 0.05) is 0 Å². The Hall–Kier alpha value is -4.57.